The molecule has 1 nitrogen and oxygen atoms in total. The summed E-state index contributed by atoms with van der Waals surface area (Å²) in [6, 6.07) is 10.4. The monoisotopic (exact) mass is 235 g/mol. The van der Waals surface area contributed by atoms with E-state index in [2.05, 4.69) is 58.9 Å². The molecule has 0 radical (unpaired) electrons. The predicted octanol–water partition coefficient (Wildman–Crippen LogP) is 4.37. The summed E-state index contributed by atoms with van der Waals surface area (Å²) < 4.78 is 0. The van der Waals surface area contributed by atoms with Gasteiger partial charge in [-0.15, -0.1) is 11.8 Å². The number of thioether (sulfide) groups is 1. The molecule has 0 aromatic heterocycles. The van der Waals surface area contributed by atoms with Crippen molar-refractivity contribution >= 4 is 16.8 Å². The fourth-order valence-electron chi connectivity index (χ4n) is 1.27. The Morgan fingerprint density at radius 3 is 2.12 bits per heavy atom. The molecule has 0 atom stereocenters. The van der Waals surface area contributed by atoms with Crippen LogP contribution in [0.1, 0.15) is 40.2 Å². The van der Waals surface area contributed by atoms with Crippen LogP contribution in [0.2, 0.25) is 0 Å². The van der Waals surface area contributed by atoms with Gasteiger partial charge in [-0.05, 0) is 20.8 Å². The number of hydrogen-bond donors (Lipinski definition) is 0. The average Bonchev–Trinajstić information content (AvgIpc) is 2.15. The van der Waals surface area contributed by atoms with E-state index in [4.69, 9.17) is 4.99 Å². The minimum absolute atomic E-state index is 0.0208. The summed E-state index contributed by atoms with van der Waals surface area (Å²) in [7, 11) is 0. The first-order valence-electron chi connectivity index (χ1n) is 5.70. The first-order chi connectivity index (χ1) is 7.38. The molecule has 1 aromatic carbocycles. The van der Waals surface area contributed by atoms with Gasteiger partial charge in [0, 0.05) is 10.8 Å². The lowest BCUT2D eigenvalue weighted by Gasteiger charge is -2.17. The normalized spacial score (nSPS) is 13.2. The van der Waals surface area contributed by atoms with Gasteiger partial charge in [0.25, 0.3) is 0 Å². The third-order valence-electron chi connectivity index (χ3n) is 1.81. The van der Waals surface area contributed by atoms with E-state index in [1.165, 1.54) is 5.56 Å². The quantitative estimate of drug-likeness (QED) is 0.547. The zero-order valence-corrected chi connectivity index (χ0v) is 11.6. The largest absolute Gasteiger partial charge is 0.272 e. The van der Waals surface area contributed by atoms with Gasteiger partial charge in [0.05, 0.1) is 10.6 Å². The molecule has 0 spiro atoms. The standard InChI is InChI=1S/C14H21NS/c1-11(2)16-13(15-14(3,4)5)12-9-7-6-8-10-12/h6-11H,1-5H3. The molecule has 2 heteroatoms. The summed E-state index contributed by atoms with van der Waals surface area (Å²) in [6.07, 6.45) is 0. The van der Waals surface area contributed by atoms with Crippen LogP contribution in [0.5, 0.6) is 0 Å². The SMILES string of the molecule is CC(C)SC(=NC(C)(C)C)c1ccccc1. The van der Waals surface area contributed by atoms with Crippen LogP contribution >= 0.6 is 11.8 Å². The molecule has 0 aliphatic rings. The van der Waals surface area contributed by atoms with Gasteiger partial charge in [-0.25, -0.2) is 0 Å². The van der Waals surface area contributed by atoms with E-state index in [1.807, 2.05) is 17.8 Å². The smallest absolute Gasteiger partial charge is 0.0985 e. The van der Waals surface area contributed by atoms with Gasteiger partial charge < -0.3 is 0 Å². The summed E-state index contributed by atoms with van der Waals surface area (Å²) in [5, 5.41) is 1.70. The molecule has 0 aliphatic carbocycles. The zero-order valence-electron chi connectivity index (χ0n) is 10.8. The van der Waals surface area contributed by atoms with Crippen LogP contribution in [-0.4, -0.2) is 15.8 Å². The Morgan fingerprint density at radius 2 is 1.69 bits per heavy atom. The topological polar surface area (TPSA) is 12.4 Å². The minimum Gasteiger partial charge on any atom is -0.272 e. The maximum atomic E-state index is 4.80. The lowest BCUT2D eigenvalue weighted by Crippen LogP contribution is -2.14. The molecule has 0 bridgehead atoms. The van der Waals surface area contributed by atoms with E-state index < -0.39 is 0 Å². The van der Waals surface area contributed by atoms with E-state index in [9.17, 15) is 0 Å². The first kappa shape index (κ1) is 13.3. The van der Waals surface area contributed by atoms with E-state index in [0.717, 1.165) is 5.04 Å². The van der Waals surface area contributed by atoms with Crippen molar-refractivity contribution in [1.29, 1.82) is 0 Å². The Morgan fingerprint density at radius 1 is 1.12 bits per heavy atom. The first-order valence-corrected chi connectivity index (χ1v) is 6.58. The van der Waals surface area contributed by atoms with Crippen LogP contribution in [0, 0.1) is 0 Å². The van der Waals surface area contributed by atoms with E-state index in [-0.39, 0.29) is 5.54 Å². The Bertz CT molecular complexity index is 347. The maximum Gasteiger partial charge on any atom is 0.0985 e. The van der Waals surface area contributed by atoms with Gasteiger partial charge in [-0.3, -0.25) is 4.99 Å². The molecule has 0 heterocycles. The highest BCUT2D eigenvalue weighted by Crippen LogP contribution is 2.22. The lowest BCUT2D eigenvalue weighted by molar-refractivity contribution is 0.586. The second-order valence-electron chi connectivity index (χ2n) is 5.12. The molecule has 0 aliphatic heterocycles. The van der Waals surface area contributed by atoms with E-state index in [0.29, 0.717) is 5.25 Å². The van der Waals surface area contributed by atoms with Crippen molar-refractivity contribution in [2.45, 2.75) is 45.4 Å². The van der Waals surface area contributed by atoms with Crippen LogP contribution in [0.15, 0.2) is 35.3 Å². The van der Waals surface area contributed by atoms with Gasteiger partial charge in [0.15, 0.2) is 0 Å². The summed E-state index contributed by atoms with van der Waals surface area (Å²) in [4.78, 5) is 4.80. The molecular formula is C14H21NS. The van der Waals surface area contributed by atoms with Gasteiger partial charge in [0.1, 0.15) is 0 Å². The van der Waals surface area contributed by atoms with Crippen molar-refractivity contribution in [3.05, 3.63) is 35.9 Å². The fraction of sp³-hybridized carbons (Fsp3) is 0.500. The summed E-state index contributed by atoms with van der Waals surface area (Å²) >= 11 is 1.83. The second kappa shape index (κ2) is 5.53. The Balaban J connectivity index is 3.02. The number of hydrogen-bond acceptors (Lipinski definition) is 2. The van der Waals surface area contributed by atoms with Crippen LogP contribution in [0.3, 0.4) is 0 Å². The van der Waals surface area contributed by atoms with Crippen molar-refractivity contribution in [2.75, 3.05) is 0 Å². The molecule has 88 valence electrons. The zero-order chi connectivity index (χ0) is 12.2. The van der Waals surface area contributed by atoms with Crippen molar-refractivity contribution in [1.82, 2.24) is 0 Å². The number of rotatable bonds is 2. The Labute approximate surface area is 103 Å². The molecule has 0 unspecified atom stereocenters. The van der Waals surface area contributed by atoms with Crippen molar-refractivity contribution in [3.8, 4) is 0 Å². The third kappa shape index (κ3) is 4.84. The lowest BCUT2D eigenvalue weighted by atomic mass is 10.1. The Kier molecular flexibility index (Phi) is 4.60. The molecule has 0 N–H and O–H groups in total. The van der Waals surface area contributed by atoms with Crippen LogP contribution in [-0.2, 0) is 0 Å². The minimum atomic E-state index is -0.0208. The van der Waals surface area contributed by atoms with Crippen LogP contribution < -0.4 is 0 Å². The molecule has 0 fully saturated rings. The van der Waals surface area contributed by atoms with Crippen molar-refractivity contribution in [3.63, 3.8) is 0 Å². The number of nitrogens with zero attached hydrogens (tertiary/aromatic N) is 1. The second-order valence-corrected chi connectivity index (χ2v) is 6.69. The molecule has 0 amide bonds. The highest BCUT2D eigenvalue weighted by atomic mass is 32.2. The maximum absolute atomic E-state index is 4.80. The van der Waals surface area contributed by atoms with Crippen molar-refractivity contribution in [2.24, 2.45) is 4.99 Å². The van der Waals surface area contributed by atoms with Gasteiger partial charge in [-0.2, -0.15) is 0 Å². The summed E-state index contributed by atoms with van der Waals surface area (Å²) in [5.41, 5.74) is 1.20. The van der Waals surface area contributed by atoms with Gasteiger partial charge in [0.2, 0.25) is 0 Å². The summed E-state index contributed by atoms with van der Waals surface area (Å²) in [5.74, 6) is 0. The molecule has 1 rings (SSSR count). The molecule has 0 saturated carbocycles. The number of benzene rings is 1. The molecule has 0 saturated heterocycles. The van der Waals surface area contributed by atoms with Gasteiger partial charge >= 0.3 is 0 Å². The van der Waals surface area contributed by atoms with E-state index in [1.54, 1.807) is 0 Å². The van der Waals surface area contributed by atoms with Gasteiger partial charge in [-0.1, -0.05) is 44.2 Å². The summed E-state index contributed by atoms with van der Waals surface area (Å²) in [6.45, 7) is 10.8. The molecule has 1 aromatic rings. The number of aliphatic imine (C=N–C) groups is 1. The predicted molar refractivity (Wildman–Crippen MR) is 75.5 cm³/mol. The third-order valence-corrected chi connectivity index (χ3v) is 2.83. The molecule has 16 heavy (non-hydrogen) atoms. The van der Waals surface area contributed by atoms with E-state index >= 15 is 0 Å². The fourth-order valence-corrected chi connectivity index (χ4v) is 2.31. The van der Waals surface area contributed by atoms with Crippen LogP contribution in [0.4, 0.5) is 0 Å². The van der Waals surface area contributed by atoms with Crippen LogP contribution in [0.25, 0.3) is 0 Å². The highest BCUT2D eigenvalue weighted by molar-refractivity contribution is 8.14. The van der Waals surface area contributed by atoms with Crippen molar-refractivity contribution < 1.29 is 0 Å². The highest BCUT2D eigenvalue weighted by Gasteiger charge is 2.13. The molecular weight excluding hydrogens is 214 g/mol. The Hall–Kier alpha value is -0.760. The average molecular weight is 235 g/mol.